The molecule has 1 N–H and O–H groups in total. The zero-order chi connectivity index (χ0) is 25.4. The fourth-order valence-corrected chi connectivity index (χ4v) is 4.79. The molecule has 2 fully saturated rings. The summed E-state index contributed by atoms with van der Waals surface area (Å²) in [5, 5.41) is 15.4. The van der Waals surface area contributed by atoms with E-state index in [1.807, 2.05) is 49.8 Å². The molecule has 1 aliphatic carbocycles. The minimum absolute atomic E-state index is 0.00700. The second-order valence-electron chi connectivity index (χ2n) is 10.8. The molecule has 192 valence electrons. The molecular formula is C28H35N3O5. The van der Waals surface area contributed by atoms with Gasteiger partial charge < -0.3 is 24.2 Å². The highest BCUT2D eigenvalue weighted by atomic mass is 16.6. The van der Waals surface area contributed by atoms with Gasteiger partial charge in [0.05, 0.1) is 17.1 Å². The van der Waals surface area contributed by atoms with Crippen LogP contribution in [0.5, 0.6) is 11.5 Å². The molecule has 2 aliphatic rings. The number of nitrogens with zero attached hydrogens (tertiary/aromatic N) is 3. The van der Waals surface area contributed by atoms with Crippen molar-refractivity contribution in [2.24, 2.45) is 0 Å². The summed E-state index contributed by atoms with van der Waals surface area (Å²) in [7, 11) is 1.78. The first-order valence-electron chi connectivity index (χ1n) is 12.7. The van der Waals surface area contributed by atoms with Gasteiger partial charge in [-0.15, -0.1) is 0 Å². The molecule has 1 aliphatic heterocycles. The number of phenols is 1. The Labute approximate surface area is 211 Å². The molecule has 1 saturated carbocycles. The number of carbonyl (C=O) groups is 1. The molecule has 2 aromatic carbocycles. The molecule has 1 unspecified atom stereocenters. The Hall–Kier alpha value is -3.26. The first-order chi connectivity index (χ1) is 17.2. The standard InChI is InChI=1S/C28H35N3O5/c1-28(2,3)36-27(33)30(4)20-15-22(16-20)35-25-14-19(18-8-10-21(32)11-9-18)13-24-23(25)17-29-31(24)26-7-5-6-12-34-26/h8-11,13-14,17,20,22,26,32H,5-7,12,15-16H2,1-4H3/t20-,22-,26?. The number of carbonyl (C=O) groups excluding carboxylic acids is 1. The molecule has 1 aromatic heterocycles. The Kier molecular flexibility index (Phi) is 6.55. The van der Waals surface area contributed by atoms with Crippen LogP contribution in [0.15, 0.2) is 42.6 Å². The van der Waals surface area contributed by atoms with Gasteiger partial charge in [-0.3, -0.25) is 0 Å². The van der Waals surface area contributed by atoms with E-state index < -0.39 is 5.60 Å². The van der Waals surface area contributed by atoms with Gasteiger partial charge in [0.25, 0.3) is 0 Å². The third-order valence-corrected chi connectivity index (χ3v) is 6.90. The van der Waals surface area contributed by atoms with E-state index in [4.69, 9.17) is 14.2 Å². The van der Waals surface area contributed by atoms with Gasteiger partial charge in [0.15, 0.2) is 6.23 Å². The molecule has 2 heterocycles. The molecule has 1 atom stereocenters. The summed E-state index contributed by atoms with van der Waals surface area (Å²) in [5.41, 5.74) is 2.40. The number of hydrogen-bond acceptors (Lipinski definition) is 6. The molecule has 1 amide bonds. The lowest BCUT2D eigenvalue weighted by atomic mass is 9.88. The maximum absolute atomic E-state index is 12.4. The molecular weight excluding hydrogens is 458 g/mol. The zero-order valence-electron chi connectivity index (χ0n) is 21.4. The number of aromatic nitrogens is 2. The maximum atomic E-state index is 12.4. The number of hydrogen-bond donors (Lipinski definition) is 1. The third-order valence-electron chi connectivity index (χ3n) is 6.90. The van der Waals surface area contributed by atoms with Crippen molar-refractivity contribution < 1.29 is 24.1 Å². The Balaban J connectivity index is 1.39. The van der Waals surface area contributed by atoms with Crippen molar-refractivity contribution in [1.82, 2.24) is 14.7 Å². The Morgan fingerprint density at radius 2 is 1.89 bits per heavy atom. The second-order valence-corrected chi connectivity index (χ2v) is 10.8. The summed E-state index contributed by atoms with van der Waals surface area (Å²) in [4.78, 5) is 14.1. The van der Waals surface area contributed by atoms with Crippen LogP contribution in [0.4, 0.5) is 4.79 Å². The van der Waals surface area contributed by atoms with Gasteiger partial charge in [0.1, 0.15) is 23.2 Å². The van der Waals surface area contributed by atoms with Crippen molar-refractivity contribution >= 4 is 17.0 Å². The van der Waals surface area contributed by atoms with Crippen LogP contribution in [0.2, 0.25) is 0 Å². The van der Waals surface area contributed by atoms with Crippen molar-refractivity contribution in [3.63, 3.8) is 0 Å². The average Bonchev–Trinajstić information content (AvgIpc) is 3.25. The summed E-state index contributed by atoms with van der Waals surface area (Å²) >= 11 is 0. The smallest absolute Gasteiger partial charge is 0.410 e. The van der Waals surface area contributed by atoms with E-state index in [-0.39, 0.29) is 30.2 Å². The number of aromatic hydroxyl groups is 1. The molecule has 0 bridgehead atoms. The molecule has 36 heavy (non-hydrogen) atoms. The van der Waals surface area contributed by atoms with Gasteiger partial charge in [-0.1, -0.05) is 12.1 Å². The summed E-state index contributed by atoms with van der Waals surface area (Å²) in [6.45, 7) is 6.35. The van der Waals surface area contributed by atoms with E-state index in [0.29, 0.717) is 0 Å². The number of fused-ring (bicyclic) bond motifs is 1. The predicted molar refractivity (Wildman–Crippen MR) is 137 cm³/mol. The maximum Gasteiger partial charge on any atom is 0.410 e. The summed E-state index contributed by atoms with van der Waals surface area (Å²) in [5.74, 6) is 0.993. The highest BCUT2D eigenvalue weighted by Gasteiger charge is 2.37. The van der Waals surface area contributed by atoms with Crippen molar-refractivity contribution in [2.45, 2.75) is 76.9 Å². The van der Waals surface area contributed by atoms with Gasteiger partial charge in [0.2, 0.25) is 0 Å². The Morgan fingerprint density at radius 3 is 2.56 bits per heavy atom. The van der Waals surface area contributed by atoms with Gasteiger partial charge >= 0.3 is 6.09 Å². The number of amides is 1. The zero-order valence-corrected chi connectivity index (χ0v) is 21.4. The van der Waals surface area contributed by atoms with E-state index in [0.717, 1.165) is 66.5 Å². The van der Waals surface area contributed by atoms with Crippen LogP contribution < -0.4 is 4.74 Å². The van der Waals surface area contributed by atoms with Crippen molar-refractivity contribution in [2.75, 3.05) is 13.7 Å². The van der Waals surface area contributed by atoms with E-state index in [1.165, 1.54) is 0 Å². The minimum atomic E-state index is -0.520. The number of phenolic OH excluding ortho intramolecular Hbond substituents is 1. The number of benzene rings is 2. The minimum Gasteiger partial charge on any atom is -0.508 e. The van der Waals surface area contributed by atoms with Gasteiger partial charge in [-0.2, -0.15) is 5.10 Å². The predicted octanol–water partition coefficient (Wildman–Crippen LogP) is 5.88. The molecule has 1 saturated heterocycles. The van der Waals surface area contributed by atoms with Crippen LogP contribution in [0.3, 0.4) is 0 Å². The SMILES string of the molecule is CN(C(=O)OC(C)(C)C)[C@H]1C[C@H](Oc2cc(-c3ccc(O)cc3)cc3c2cnn3C2CCCCO2)C1. The van der Waals surface area contributed by atoms with E-state index in [9.17, 15) is 9.90 Å². The normalized spacial score (nSPS) is 22.2. The van der Waals surface area contributed by atoms with Crippen LogP contribution >= 0.6 is 0 Å². The molecule has 3 aromatic rings. The summed E-state index contributed by atoms with van der Waals surface area (Å²) in [6, 6.07) is 11.4. The molecule has 0 radical (unpaired) electrons. The van der Waals surface area contributed by atoms with Crippen molar-refractivity contribution in [3.05, 3.63) is 42.6 Å². The van der Waals surface area contributed by atoms with Crippen LogP contribution in [-0.2, 0) is 9.47 Å². The van der Waals surface area contributed by atoms with Gasteiger partial charge in [-0.05, 0) is 75.4 Å². The number of ether oxygens (including phenoxy) is 3. The van der Waals surface area contributed by atoms with Crippen LogP contribution in [0, 0.1) is 0 Å². The topological polar surface area (TPSA) is 86.0 Å². The molecule has 8 heteroatoms. The Morgan fingerprint density at radius 1 is 1.14 bits per heavy atom. The van der Waals surface area contributed by atoms with E-state index in [1.54, 1.807) is 24.1 Å². The first-order valence-corrected chi connectivity index (χ1v) is 12.7. The highest BCUT2D eigenvalue weighted by Crippen LogP contribution is 2.38. The van der Waals surface area contributed by atoms with Gasteiger partial charge in [-0.25, -0.2) is 9.48 Å². The molecule has 8 nitrogen and oxygen atoms in total. The second kappa shape index (κ2) is 9.65. The molecule has 0 spiro atoms. The largest absolute Gasteiger partial charge is 0.508 e. The average molecular weight is 494 g/mol. The van der Waals surface area contributed by atoms with Gasteiger partial charge in [0, 0.05) is 32.5 Å². The Bertz CT molecular complexity index is 1220. The monoisotopic (exact) mass is 493 g/mol. The van der Waals surface area contributed by atoms with E-state index in [2.05, 4.69) is 11.2 Å². The van der Waals surface area contributed by atoms with Crippen LogP contribution in [0.25, 0.3) is 22.0 Å². The lowest BCUT2D eigenvalue weighted by Crippen LogP contribution is -2.51. The van der Waals surface area contributed by atoms with Crippen LogP contribution in [0.1, 0.15) is 59.1 Å². The lowest BCUT2D eigenvalue weighted by Gasteiger charge is -2.41. The molecule has 5 rings (SSSR count). The van der Waals surface area contributed by atoms with Crippen molar-refractivity contribution in [3.8, 4) is 22.6 Å². The van der Waals surface area contributed by atoms with Crippen LogP contribution in [-0.4, -0.2) is 57.3 Å². The summed E-state index contributed by atoms with van der Waals surface area (Å²) in [6.07, 6.45) is 6.04. The number of rotatable bonds is 5. The fourth-order valence-electron chi connectivity index (χ4n) is 4.79. The quantitative estimate of drug-likeness (QED) is 0.477. The first kappa shape index (κ1) is 24.4. The van der Waals surface area contributed by atoms with E-state index >= 15 is 0 Å². The lowest BCUT2D eigenvalue weighted by molar-refractivity contribution is -0.0366. The third kappa shape index (κ3) is 5.14. The summed E-state index contributed by atoms with van der Waals surface area (Å²) < 4.78 is 20.0. The van der Waals surface area contributed by atoms with Crippen molar-refractivity contribution in [1.29, 1.82) is 0 Å². The highest BCUT2D eigenvalue weighted by molar-refractivity contribution is 5.90. The fraction of sp³-hybridized carbons (Fsp3) is 0.500.